The predicted octanol–water partition coefficient (Wildman–Crippen LogP) is 1.90. The van der Waals surface area contributed by atoms with Crippen LogP contribution in [-0.4, -0.2) is 34.5 Å². The summed E-state index contributed by atoms with van der Waals surface area (Å²) in [7, 11) is 0. The number of hydrazine groups is 1. The van der Waals surface area contributed by atoms with Crippen molar-refractivity contribution in [2.75, 3.05) is 11.9 Å². The number of benzene rings is 1. The third-order valence-corrected chi connectivity index (χ3v) is 5.41. The summed E-state index contributed by atoms with van der Waals surface area (Å²) in [4.78, 5) is 19.5. The number of aromatic nitrogens is 1. The van der Waals surface area contributed by atoms with Crippen LogP contribution in [0.1, 0.15) is 34.8 Å². The number of hydrogen-bond acceptors (Lipinski definition) is 5. The number of nitrogens with zero attached hydrogens (tertiary/aromatic N) is 2. The minimum atomic E-state index is -0.0254. The first-order chi connectivity index (χ1) is 12.3. The van der Waals surface area contributed by atoms with Crippen LogP contribution < -0.4 is 16.2 Å². The van der Waals surface area contributed by atoms with Gasteiger partial charge in [-0.1, -0.05) is 18.2 Å². The molecule has 0 bridgehead atoms. The lowest BCUT2D eigenvalue weighted by Gasteiger charge is -2.42. The van der Waals surface area contributed by atoms with Gasteiger partial charge < -0.3 is 10.2 Å². The van der Waals surface area contributed by atoms with E-state index in [0.717, 1.165) is 36.2 Å². The van der Waals surface area contributed by atoms with Gasteiger partial charge in [0.1, 0.15) is 6.17 Å². The lowest BCUT2D eigenvalue weighted by molar-refractivity contribution is 0.0598. The second-order valence-electron chi connectivity index (χ2n) is 7.03. The van der Waals surface area contributed by atoms with E-state index in [1.165, 1.54) is 0 Å². The lowest BCUT2D eigenvalue weighted by atomic mass is 9.90. The summed E-state index contributed by atoms with van der Waals surface area (Å²) >= 11 is 0. The molecule has 0 radical (unpaired) electrons. The van der Waals surface area contributed by atoms with Gasteiger partial charge >= 0.3 is 0 Å². The van der Waals surface area contributed by atoms with Gasteiger partial charge in [-0.05, 0) is 36.6 Å². The van der Waals surface area contributed by atoms with Gasteiger partial charge in [0, 0.05) is 36.6 Å². The SMILES string of the molecule is O=C1c2ccccc2NC(C2CNNC2c2cccnc2)N1C1CC1. The second-order valence-corrected chi connectivity index (χ2v) is 7.03. The molecule has 5 rings (SSSR count). The zero-order valence-electron chi connectivity index (χ0n) is 13.9. The summed E-state index contributed by atoms with van der Waals surface area (Å²) in [5.41, 5.74) is 9.51. The van der Waals surface area contributed by atoms with Crippen molar-refractivity contribution in [2.45, 2.75) is 31.1 Å². The largest absolute Gasteiger partial charge is 0.364 e. The Kier molecular flexibility index (Phi) is 3.46. The number of carbonyl (C=O) groups is 1. The van der Waals surface area contributed by atoms with E-state index in [1.807, 2.05) is 36.5 Å². The third-order valence-electron chi connectivity index (χ3n) is 5.41. The number of rotatable bonds is 3. The average molecular weight is 335 g/mol. The number of carbonyl (C=O) groups excluding carboxylic acids is 1. The summed E-state index contributed by atoms with van der Waals surface area (Å²) in [5.74, 6) is 0.376. The number of fused-ring (bicyclic) bond motifs is 1. The topological polar surface area (TPSA) is 69.3 Å². The van der Waals surface area contributed by atoms with E-state index in [-0.39, 0.29) is 24.0 Å². The van der Waals surface area contributed by atoms with Crippen LogP contribution in [0.15, 0.2) is 48.8 Å². The molecule has 1 aliphatic carbocycles. The summed E-state index contributed by atoms with van der Waals surface area (Å²) in [6.07, 6.45) is 5.85. The number of nitrogens with one attached hydrogen (secondary N) is 3. The van der Waals surface area contributed by atoms with Crippen molar-refractivity contribution in [1.82, 2.24) is 20.7 Å². The van der Waals surface area contributed by atoms with E-state index in [9.17, 15) is 4.79 Å². The van der Waals surface area contributed by atoms with Crippen LogP contribution in [0.25, 0.3) is 0 Å². The number of hydrogen-bond donors (Lipinski definition) is 3. The summed E-state index contributed by atoms with van der Waals surface area (Å²) in [6, 6.07) is 12.3. The van der Waals surface area contributed by atoms with Gasteiger partial charge in [0.15, 0.2) is 0 Å². The van der Waals surface area contributed by atoms with Crippen molar-refractivity contribution in [3.05, 3.63) is 59.9 Å². The first kappa shape index (κ1) is 14.9. The van der Waals surface area contributed by atoms with Crippen molar-refractivity contribution < 1.29 is 4.79 Å². The molecule has 3 atom stereocenters. The number of para-hydroxylation sites is 1. The molecule has 3 N–H and O–H groups in total. The third kappa shape index (κ3) is 2.49. The highest BCUT2D eigenvalue weighted by Gasteiger charge is 2.47. The molecular weight excluding hydrogens is 314 g/mol. The molecule has 3 heterocycles. The standard InChI is InChI=1S/C19H21N5O/c25-19-14-5-1-2-6-16(14)22-18(24(19)13-7-8-13)15-11-21-23-17(15)12-4-3-9-20-10-12/h1-6,9-10,13,15,17-18,21-23H,7-8,11H2. The van der Waals surface area contributed by atoms with Crippen LogP contribution in [0.3, 0.4) is 0 Å². The maximum atomic E-state index is 13.1. The van der Waals surface area contributed by atoms with Gasteiger partial charge in [0.2, 0.25) is 0 Å². The molecule has 1 amide bonds. The van der Waals surface area contributed by atoms with Crippen molar-refractivity contribution >= 4 is 11.6 Å². The van der Waals surface area contributed by atoms with Crippen molar-refractivity contribution in [2.24, 2.45) is 5.92 Å². The van der Waals surface area contributed by atoms with Crippen molar-refractivity contribution in [3.63, 3.8) is 0 Å². The fourth-order valence-electron chi connectivity index (χ4n) is 4.04. The Labute approximate surface area is 146 Å². The van der Waals surface area contributed by atoms with E-state index in [4.69, 9.17) is 0 Å². The molecule has 2 aliphatic heterocycles. The molecule has 1 saturated carbocycles. The molecule has 6 nitrogen and oxygen atoms in total. The molecule has 128 valence electrons. The number of amides is 1. The Morgan fingerprint density at radius 3 is 2.80 bits per heavy atom. The summed E-state index contributed by atoms with van der Waals surface area (Å²) in [5, 5.41) is 3.65. The molecular formula is C19H21N5O. The zero-order chi connectivity index (χ0) is 16.8. The fraction of sp³-hybridized carbons (Fsp3) is 0.368. The Bertz CT molecular complexity index is 791. The number of anilines is 1. The minimum absolute atomic E-state index is 0.0254. The van der Waals surface area contributed by atoms with E-state index in [1.54, 1.807) is 6.20 Å². The highest BCUT2D eigenvalue weighted by atomic mass is 16.2. The molecule has 0 spiro atoms. The van der Waals surface area contributed by atoms with Crippen LogP contribution in [0.4, 0.5) is 5.69 Å². The maximum absolute atomic E-state index is 13.1. The molecule has 3 unspecified atom stereocenters. The molecule has 1 aromatic heterocycles. The Morgan fingerprint density at radius 1 is 1.12 bits per heavy atom. The lowest BCUT2D eigenvalue weighted by Crippen LogP contribution is -2.55. The van der Waals surface area contributed by atoms with Crippen molar-refractivity contribution in [3.8, 4) is 0 Å². The van der Waals surface area contributed by atoms with Crippen LogP contribution >= 0.6 is 0 Å². The van der Waals surface area contributed by atoms with Crippen LogP contribution in [0.5, 0.6) is 0 Å². The molecule has 25 heavy (non-hydrogen) atoms. The predicted molar refractivity (Wildman–Crippen MR) is 94.7 cm³/mol. The van der Waals surface area contributed by atoms with Gasteiger partial charge in [0.05, 0.1) is 11.6 Å². The van der Waals surface area contributed by atoms with E-state index in [0.29, 0.717) is 6.04 Å². The van der Waals surface area contributed by atoms with Gasteiger partial charge in [-0.15, -0.1) is 0 Å². The normalized spacial score (nSPS) is 28.6. The van der Waals surface area contributed by atoms with Crippen LogP contribution in [0.2, 0.25) is 0 Å². The van der Waals surface area contributed by atoms with E-state index < -0.39 is 0 Å². The van der Waals surface area contributed by atoms with Gasteiger partial charge in [0.25, 0.3) is 5.91 Å². The fourth-order valence-corrected chi connectivity index (χ4v) is 4.04. The van der Waals surface area contributed by atoms with Gasteiger partial charge in [-0.25, -0.2) is 5.43 Å². The zero-order valence-corrected chi connectivity index (χ0v) is 13.9. The summed E-state index contributed by atoms with van der Waals surface area (Å²) < 4.78 is 0. The molecule has 1 aromatic carbocycles. The molecule has 2 aromatic rings. The Hall–Kier alpha value is -2.44. The monoisotopic (exact) mass is 335 g/mol. The van der Waals surface area contributed by atoms with Crippen LogP contribution in [-0.2, 0) is 0 Å². The highest BCUT2D eigenvalue weighted by Crippen LogP contribution is 2.40. The Balaban J connectivity index is 1.52. The average Bonchev–Trinajstić information content (AvgIpc) is 3.37. The van der Waals surface area contributed by atoms with E-state index >= 15 is 0 Å². The minimum Gasteiger partial charge on any atom is -0.364 e. The van der Waals surface area contributed by atoms with Crippen molar-refractivity contribution in [1.29, 1.82) is 0 Å². The maximum Gasteiger partial charge on any atom is 0.257 e. The van der Waals surface area contributed by atoms with E-state index in [2.05, 4.69) is 32.1 Å². The second kappa shape index (κ2) is 5.82. The molecule has 3 aliphatic rings. The van der Waals surface area contributed by atoms with Crippen LogP contribution in [0, 0.1) is 5.92 Å². The first-order valence-corrected chi connectivity index (χ1v) is 8.89. The Morgan fingerprint density at radius 2 is 2.00 bits per heavy atom. The molecule has 6 heteroatoms. The van der Waals surface area contributed by atoms with Gasteiger partial charge in [-0.3, -0.25) is 15.2 Å². The molecule has 1 saturated heterocycles. The quantitative estimate of drug-likeness (QED) is 0.799. The summed E-state index contributed by atoms with van der Waals surface area (Å²) in [6.45, 7) is 0.801. The number of pyridine rings is 1. The smallest absolute Gasteiger partial charge is 0.257 e. The first-order valence-electron chi connectivity index (χ1n) is 8.89. The molecule has 2 fully saturated rings. The van der Waals surface area contributed by atoms with Gasteiger partial charge in [-0.2, -0.15) is 0 Å². The highest BCUT2D eigenvalue weighted by molar-refractivity contribution is 6.02.